The number of hydrazine groups is 1. The highest BCUT2D eigenvalue weighted by atomic mass is 32.1. The zero-order valence-corrected chi connectivity index (χ0v) is 9.75. The van der Waals surface area contributed by atoms with E-state index in [0.29, 0.717) is 6.54 Å². The van der Waals surface area contributed by atoms with E-state index in [1.165, 1.54) is 12.4 Å². The van der Waals surface area contributed by atoms with Crippen LogP contribution < -0.4 is 21.9 Å². The summed E-state index contributed by atoms with van der Waals surface area (Å²) < 4.78 is 0. The van der Waals surface area contributed by atoms with Crippen molar-refractivity contribution in [3.8, 4) is 0 Å². The number of nitrogens with one attached hydrogen (secondary N) is 3. The molecular formula is C9H12N6OS. The molecule has 0 aliphatic rings. The Labute approximate surface area is 103 Å². The van der Waals surface area contributed by atoms with E-state index in [-0.39, 0.29) is 16.6 Å². The monoisotopic (exact) mass is 252 g/mol. The first-order valence-corrected chi connectivity index (χ1v) is 5.07. The number of aromatic nitrogens is 2. The average Bonchev–Trinajstić information content (AvgIpc) is 2.34. The lowest BCUT2D eigenvalue weighted by molar-refractivity contribution is 0.0939. The third-order valence-corrected chi connectivity index (χ3v) is 1.88. The van der Waals surface area contributed by atoms with Gasteiger partial charge in [0, 0.05) is 18.9 Å². The molecule has 1 rings (SSSR count). The molecule has 1 heterocycles. The summed E-state index contributed by atoms with van der Waals surface area (Å²) in [5.74, 6) is -0.463. The standard InChI is InChI=1S/C9H12N6OS/c1-2-3-13-9(17)15-14-8(16)6-7(10)12-5-4-11-6/h2,4-5H,1,3H2,(H2,10,12)(H,14,16)(H2,13,15,17). The summed E-state index contributed by atoms with van der Waals surface area (Å²) in [7, 11) is 0. The first kappa shape index (κ1) is 12.8. The Bertz CT molecular complexity index is 435. The molecule has 0 aromatic carbocycles. The Morgan fingerprint density at radius 3 is 2.82 bits per heavy atom. The molecule has 0 atom stereocenters. The van der Waals surface area contributed by atoms with E-state index in [1.807, 2.05) is 0 Å². The molecule has 1 aromatic heterocycles. The molecular weight excluding hydrogens is 240 g/mol. The minimum Gasteiger partial charge on any atom is -0.382 e. The van der Waals surface area contributed by atoms with Gasteiger partial charge in [-0.3, -0.25) is 15.6 Å². The predicted molar refractivity (Wildman–Crippen MR) is 67.8 cm³/mol. The fourth-order valence-electron chi connectivity index (χ4n) is 0.906. The number of amides is 1. The summed E-state index contributed by atoms with van der Waals surface area (Å²) in [5, 5.41) is 3.04. The van der Waals surface area contributed by atoms with Gasteiger partial charge < -0.3 is 11.1 Å². The number of hydrogen-bond donors (Lipinski definition) is 4. The highest BCUT2D eigenvalue weighted by Crippen LogP contribution is 2.01. The van der Waals surface area contributed by atoms with Crippen LogP contribution in [0.5, 0.6) is 0 Å². The predicted octanol–water partition coefficient (Wildman–Crippen LogP) is -0.646. The number of hydrogen-bond acceptors (Lipinski definition) is 5. The van der Waals surface area contributed by atoms with Gasteiger partial charge in [0.05, 0.1) is 0 Å². The van der Waals surface area contributed by atoms with Crippen LogP contribution in [0.2, 0.25) is 0 Å². The van der Waals surface area contributed by atoms with Gasteiger partial charge in [-0.2, -0.15) is 0 Å². The van der Waals surface area contributed by atoms with Gasteiger partial charge in [-0.25, -0.2) is 9.97 Å². The lowest BCUT2D eigenvalue weighted by Gasteiger charge is -2.10. The van der Waals surface area contributed by atoms with Gasteiger partial charge in [0.25, 0.3) is 5.91 Å². The van der Waals surface area contributed by atoms with E-state index in [0.717, 1.165) is 0 Å². The van der Waals surface area contributed by atoms with Crippen LogP contribution in [0.25, 0.3) is 0 Å². The quantitative estimate of drug-likeness (QED) is 0.322. The number of nitrogen functional groups attached to an aromatic ring is 1. The molecule has 90 valence electrons. The molecule has 1 amide bonds. The van der Waals surface area contributed by atoms with E-state index in [4.69, 9.17) is 18.0 Å². The highest BCUT2D eigenvalue weighted by molar-refractivity contribution is 7.80. The molecule has 1 aromatic rings. The second-order valence-corrected chi connectivity index (χ2v) is 3.28. The van der Waals surface area contributed by atoms with Gasteiger partial charge in [-0.1, -0.05) is 6.08 Å². The molecule has 0 saturated carbocycles. The second-order valence-electron chi connectivity index (χ2n) is 2.87. The number of nitrogens with zero attached hydrogens (tertiary/aromatic N) is 2. The second kappa shape index (κ2) is 6.38. The number of carbonyl (C=O) groups excluding carboxylic acids is 1. The molecule has 0 saturated heterocycles. The normalized spacial score (nSPS) is 9.18. The Hall–Kier alpha value is -2.22. The third-order valence-electron chi connectivity index (χ3n) is 1.64. The molecule has 0 spiro atoms. The van der Waals surface area contributed by atoms with E-state index in [2.05, 4.69) is 32.7 Å². The minimum absolute atomic E-state index is 0.0338. The molecule has 0 unspecified atom stereocenters. The van der Waals surface area contributed by atoms with Gasteiger partial charge in [-0.15, -0.1) is 6.58 Å². The van der Waals surface area contributed by atoms with Crippen molar-refractivity contribution >= 4 is 29.1 Å². The van der Waals surface area contributed by atoms with E-state index in [9.17, 15) is 4.79 Å². The van der Waals surface area contributed by atoms with Crippen molar-refractivity contribution in [2.75, 3.05) is 12.3 Å². The summed E-state index contributed by atoms with van der Waals surface area (Å²) >= 11 is 4.87. The summed E-state index contributed by atoms with van der Waals surface area (Å²) in [5.41, 5.74) is 10.3. The maximum absolute atomic E-state index is 11.6. The van der Waals surface area contributed by atoms with Crippen LogP contribution in [0.3, 0.4) is 0 Å². The van der Waals surface area contributed by atoms with E-state index < -0.39 is 5.91 Å². The molecule has 8 heteroatoms. The zero-order chi connectivity index (χ0) is 12.7. The van der Waals surface area contributed by atoms with E-state index in [1.54, 1.807) is 6.08 Å². The van der Waals surface area contributed by atoms with Crippen LogP contribution in [-0.4, -0.2) is 27.5 Å². The topological polar surface area (TPSA) is 105 Å². The van der Waals surface area contributed by atoms with Crippen LogP contribution in [0, 0.1) is 0 Å². The van der Waals surface area contributed by atoms with Gasteiger partial charge in [-0.05, 0) is 12.2 Å². The molecule has 0 radical (unpaired) electrons. The van der Waals surface area contributed by atoms with Crippen molar-refractivity contribution in [1.82, 2.24) is 26.1 Å². The van der Waals surface area contributed by atoms with Crippen molar-refractivity contribution in [3.63, 3.8) is 0 Å². The molecule has 7 nitrogen and oxygen atoms in total. The molecule has 0 aliphatic carbocycles. The maximum atomic E-state index is 11.6. The largest absolute Gasteiger partial charge is 0.382 e. The summed E-state index contributed by atoms with van der Waals surface area (Å²) in [6.07, 6.45) is 4.41. The van der Waals surface area contributed by atoms with Crippen molar-refractivity contribution in [2.45, 2.75) is 0 Å². The Morgan fingerprint density at radius 1 is 1.47 bits per heavy atom. The number of anilines is 1. The molecule has 5 N–H and O–H groups in total. The zero-order valence-electron chi connectivity index (χ0n) is 8.93. The molecule has 0 aliphatic heterocycles. The SMILES string of the molecule is C=CCNC(=S)NNC(=O)c1nccnc1N. The summed E-state index contributed by atoms with van der Waals surface area (Å²) in [6.45, 7) is 4.01. The first-order valence-electron chi connectivity index (χ1n) is 4.66. The van der Waals surface area contributed by atoms with Gasteiger partial charge in [0.15, 0.2) is 16.6 Å². The number of carbonyl (C=O) groups is 1. The Kier molecular flexibility index (Phi) is 4.82. The van der Waals surface area contributed by atoms with E-state index >= 15 is 0 Å². The van der Waals surface area contributed by atoms with Gasteiger partial charge >= 0.3 is 0 Å². The van der Waals surface area contributed by atoms with Gasteiger partial charge in [0.1, 0.15) is 0 Å². The number of thiocarbonyl (C=S) groups is 1. The summed E-state index contributed by atoms with van der Waals surface area (Å²) in [6, 6.07) is 0. The molecule has 0 bridgehead atoms. The fraction of sp³-hybridized carbons (Fsp3) is 0.111. The van der Waals surface area contributed by atoms with Crippen LogP contribution in [0.1, 0.15) is 10.5 Å². The fourth-order valence-corrected chi connectivity index (χ4v) is 1.04. The molecule has 0 fully saturated rings. The van der Waals surface area contributed by atoms with Crippen LogP contribution in [0.4, 0.5) is 5.82 Å². The number of rotatable bonds is 3. The van der Waals surface area contributed by atoms with Crippen LogP contribution in [-0.2, 0) is 0 Å². The van der Waals surface area contributed by atoms with Gasteiger partial charge in [0.2, 0.25) is 0 Å². The van der Waals surface area contributed by atoms with Crippen LogP contribution in [0.15, 0.2) is 25.0 Å². The van der Waals surface area contributed by atoms with Crippen molar-refractivity contribution < 1.29 is 4.79 Å². The first-order chi connectivity index (χ1) is 8.15. The molecule has 17 heavy (non-hydrogen) atoms. The third kappa shape index (κ3) is 4.03. The van der Waals surface area contributed by atoms with Crippen molar-refractivity contribution in [1.29, 1.82) is 0 Å². The van der Waals surface area contributed by atoms with Crippen LogP contribution >= 0.6 is 12.2 Å². The van der Waals surface area contributed by atoms with Crippen molar-refractivity contribution in [2.24, 2.45) is 0 Å². The Morgan fingerprint density at radius 2 is 2.18 bits per heavy atom. The smallest absolute Gasteiger partial charge is 0.292 e. The van der Waals surface area contributed by atoms with Crippen molar-refractivity contribution in [3.05, 3.63) is 30.7 Å². The average molecular weight is 252 g/mol. The lowest BCUT2D eigenvalue weighted by atomic mass is 10.4. The maximum Gasteiger partial charge on any atom is 0.292 e. The minimum atomic E-state index is -0.515. The lowest BCUT2D eigenvalue weighted by Crippen LogP contribution is -2.47. The Balaban J connectivity index is 2.48. The highest BCUT2D eigenvalue weighted by Gasteiger charge is 2.11. The number of nitrogens with two attached hydrogens (primary N) is 1. The summed E-state index contributed by atoms with van der Waals surface area (Å²) in [4.78, 5) is 19.1.